The van der Waals surface area contributed by atoms with Crippen molar-refractivity contribution >= 4 is 34.6 Å². The zero-order valence-electron chi connectivity index (χ0n) is 17.1. The van der Waals surface area contributed by atoms with Gasteiger partial charge in [-0.15, -0.1) is 13.2 Å². The molecule has 3 aromatic carbocycles. The summed E-state index contributed by atoms with van der Waals surface area (Å²) in [5, 5.41) is 2.40. The molecule has 1 N–H and O–H groups in total. The van der Waals surface area contributed by atoms with Crippen molar-refractivity contribution in [3.63, 3.8) is 0 Å². The van der Waals surface area contributed by atoms with E-state index in [-0.39, 0.29) is 11.8 Å². The summed E-state index contributed by atoms with van der Waals surface area (Å²) in [6.07, 6.45) is 3.63. The minimum absolute atomic E-state index is 0.375. The first kappa shape index (κ1) is 20.2. The van der Waals surface area contributed by atoms with Crippen LogP contribution in [0.4, 0.5) is 22.7 Å². The summed E-state index contributed by atoms with van der Waals surface area (Å²) in [5.74, 6) is -0.760. The number of anilines is 4. The fourth-order valence-electron chi connectivity index (χ4n) is 3.78. The number of nitrogens with zero attached hydrogens (tertiary/aromatic N) is 2. The van der Waals surface area contributed by atoms with Gasteiger partial charge in [0.05, 0.1) is 22.5 Å². The minimum Gasteiger partial charge on any atom is -0.336 e. The van der Waals surface area contributed by atoms with Crippen LogP contribution in [-0.2, 0) is 0 Å². The number of hydrogen-bond acceptors (Lipinski definition) is 4. The van der Waals surface area contributed by atoms with Gasteiger partial charge in [-0.2, -0.15) is 0 Å². The number of carbonyl (C=O) groups excluding carboxylic acids is 2. The summed E-state index contributed by atoms with van der Waals surface area (Å²) in [6, 6.07) is 23.4. The number of amides is 2. The maximum atomic E-state index is 12.4. The predicted molar refractivity (Wildman–Crippen MR) is 126 cm³/mol. The molecular weight excluding hydrogens is 386 g/mol. The highest BCUT2D eigenvalue weighted by Gasteiger charge is 2.31. The highest BCUT2D eigenvalue weighted by Crippen LogP contribution is 2.40. The van der Waals surface area contributed by atoms with Crippen LogP contribution in [0.2, 0.25) is 0 Å². The Morgan fingerprint density at radius 3 is 1.42 bits per heavy atom. The Bertz CT molecular complexity index is 1050. The molecule has 3 aromatic rings. The predicted octanol–water partition coefficient (Wildman–Crippen LogP) is 5.22. The van der Waals surface area contributed by atoms with Crippen molar-refractivity contribution in [3.8, 4) is 0 Å². The van der Waals surface area contributed by atoms with Gasteiger partial charge in [0.25, 0.3) is 11.8 Å². The topological polar surface area (TPSA) is 52.6 Å². The van der Waals surface area contributed by atoms with Crippen LogP contribution in [0.1, 0.15) is 20.7 Å². The molecule has 154 valence electrons. The van der Waals surface area contributed by atoms with E-state index in [2.05, 4.69) is 28.3 Å². The molecule has 1 aliphatic heterocycles. The SMILES string of the molecule is C=CCN(c1ccccc1)c1cc2c(cc1N(CC=C)c1ccccc1)C(=O)NC2=O. The van der Waals surface area contributed by atoms with E-state index in [1.165, 1.54) is 0 Å². The van der Waals surface area contributed by atoms with E-state index in [4.69, 9.17) is 0 Å². The van der Waals surface area contributed by atoms with E-state index in [9.17, 15) is 9.59 Å². The van der Waals surface area contributed by atoms with Crippen LogP contribution in [-0.4, -0.2) is 24.9 Å². The number of benzene rings is 3. The van der Waals surface area contributed by atoms with Crippen LogP contribution < -0.4 is 15.1 Å². The lowest BCUT2D eigenvalue weighted by Gasteiger charge is -2.32. The first-order valence-corrected chi connectivity index (χ1v) is 10.0. The minimum atomic E-state index is -0.380. The summed E-state index contributed by atoms with van der Waals surface area (Å²) in [7, 11) is 0. The molecule has 1 heterocycles. The molecule has 0 saturated carbocycles. The van der Waals surface area contributed by atoms with Crippen molar-refractivity contribution in [2.75, 3.05) is 22.9 Å². The third kappa shape index (κ3) is 3.85. The van der Waals surface area contributed by atoms with Gasteiger partial charge in [0.1, 0.15) is 0 Å². The van der Waals surface area contributed by atoms with Gasteiger partial charge in [0.15, 0.2) is 0 Å². The lowest BCUT2D eigenvalue weighted by Crippen LogP contribution is -2.24. The standard InChI is InChI=1S/C26H23N3O2/c1-3-15-28(19-11-7-5-8-12-19)23-17-21-22(26(31)27-25(21)30)18-24(23)29(16-4-2)20-13-9-6-10-14-20/h3-14,17-18H,1-2,15-16H2,(H,27,30,31). The number of fused-ring (bicyclic) bond motifs is 1. The van der Waals surface area contributed by atoms with E-state index >= 15 is 0 Å². The lowest BCUT2D eigenvalue weighted by atomic mass is 10.0. The van der Waals surface area contributed by atoms with Crippen LogP contribution in [0.3, 0.4) is 0 Å². The Hall–Kier alpha value is -4.12. The van der Waals surface area contributed by atoms with Gasteiger partial charge in [0.2, 0.25) is 0 Å². The first-order chi connectivity index (χ1) is 15.1. The van der Waals surface area contributed by atoms with Gasteiger partial charge in [-0.3, -0.25) is 14.9 Å². The normalized spacial score (nSPS) is 12.1. The maximum Gasteiger partial charge on any atom is 0.259 e. The Labute approximate surface area is 181 Å². The average Bonchev–Trinajstić information content (AvgIpc) is 3.09. The molecule has 0 aromatic heterocycles. The van der Waals surface area contributed by atoms with Gasteiger partial charge < -0.3 is 9.80 Å². The molecular formula is C26H23N3O2. The van der Waals surface area contributed by atoms with Crippen molar-refractivity contribution in [1.29, 1.82) is 0 Å². The van der Waals surface area contributed by atoms with Crippen LogP contribution in [0.25, 0.3) is 0 Å². The second-order valence-electron chi connectivity index (χ2n) is 7.14. The van der Waals surface area contributed by atoms with Crippen molar-refractivity contribution in [1.82, 2.24) is 5.32 Å². The highest BCUT2D eigenvalue weighted by atomic mass is 16.2. The fraction of sp³-hybridized carbons (Fsp3) is 0.0769. The van der Waals surface area contributed by atoms with Crippen molar-refractivity contribution in [3.05, 3.63) is 109 Å². The zero-order chi connectivity index (χ0) is 21.8. The number of imide groups is 1. The van der Waals surface area contributed by atoms with Gasteiger partial charge in [0, 0.05) is 24.5 Å². The fourth-order valence-corrected chi connectivity index (χ4v) is 3.78. The Morgan fingerprint density at radius 1 is 0.677 bits per heavy atom. The van der Waals surface area contributed by atoms with E-state index < -0.39 is 0 Å². The molecule has 4 rings (SSSR count). The highest BCUT2D eigenvalue weighted by molar-refractivity contribution is 6.22. The third-order valence-electron chi connectivity index (χ3n) is 5.17. The number of para-hydroxylation sites is 2. The summed E-state index contributed by atoms with van der Waals surface area (Å²) in [4.78, 5) is 29.0. The molecule has 0 bridgehead atoms. The smallest absolute Gasteiger partial charge is 0.259 e. The Morgan fingerprint density at radius 2 is 1.06 bits per heavy atom. The Kier molecular flexibility index (Phi) is 5.67. The lowest BCUT2D eigenvalue weighted by molar-refractivity contribution is 0.0879. The maximum absolute atomic E-state index is 12.4. The van der Waals surface area contributed by atoms with Gasteiger partial charge in [-0.05, 0) is 36.4 Å². The summed E-state index contributed by atoms with van der Waals surface area (Å²) in [6.45, 7) is 8.89. The molecule has 31 heavy (non-hydrogen) atoms. The van der Waals surface area contributed by atoms with E-state index in [0.717, 1.165) is 22.7 Å². The molecule has 2 amide bonds. The van der Waals surface area contributed by atoms with E-state index in [0.29, 0.717) is 24.2 Å². The largest absolute Gasteiger partial charge is 0.336 e. The molecule has 0 saturated heterocycles. The van der Waals surface area contributed by atoms with Crippen LogP contribution in [0.5, 0.6) is 0 Å². The van der Waals surface area contributed by atoms with Gasteiger partial charge >= 0.3 is 0 Å². The molecule has 0 fully saturated rings. The molecule has 1 aliphatic rings. The Balaban J connectivity index is 1.97. The van der Waals surface area contributed by atoms with E-state index in [1.807, 2.05) is 72.8 Å². The van der Waals surface area contributed by atoms with Crippen LogP contribution >= 0.6 is 0 Å². The molecule has 0 unspecified atom stereocenters. The number of rotatable bonds is 8. The average molecular weight is 409 g/mol. The molecule has 0 aliphatic carbocycles. The summed E-state index contributed by atoms with van der Waals surface area (Å²) < 4.78 is 0. The summed E-state index contributed by atoms with van der Waals surface area (Å²) >= 11 is 0. The molecule has 5 heteroatoms. The van der Waals surface area contributed by atoms with Gasteiger partial charge in [-0.25, -0.2) is 0 Å². The zero-order valence-corrected chi connectivity index (χ0v) is 17.1. The van der Waals surface area contributed by atoms with Crippen molar-refractivity contribution in [2.24, 2.45) is 0 Å². The molecule has 0 atom stereocenters. The molecule has 0 radical (unpaired) electrons. The summed E-state index contributed by atoms with van der Waals surface area (Å²) in [5.41, 5.74) is 4.28. The molecule has 0 spiro atoms. The van der Waals surface area contributed by atoms with Crippen LogP contribution in [0.15, 0.2) is 98.1 Å². The molecule has 5 nitrogen and oxygen atoms in total. The second kappa shape index (κ2) is 8.71. The van der Waals surface area contributed by atoms with Crippen LogP contribution in [0, 0.1) is 0 Å². The van der Waals surface area contributed by atoms with E-state index in [1.54, 1.807) is 12.1 Å². The second-order valence-corrected chi connectivity index (χ2v) is 7.14. The quantitative estimate of drug-likeness (QED) is 0.409. The van der Waals surface area contributed by atoms with Crippen molar-refractivity contribution < 1.29 is 9.59 Å². The first-order valence-electron chi connectivity index (χ1n) is 10.0. The van der Waals surface area contributed by atoms with Gasteiger partial charge in [-0.1, -0.05) is 48.6 Å². The number of carbonyl (C=O) groups is 2. The third-order valence-corrected chi connectivity index (χ3v) is 5.17. The number of hydrogen-bond donors (Lipinski definition) is 1. The number of nitrogens with one attached hydrogen (secondary N) is 1. The monoisotopic (exact) mass is 409 g/mol. The van der Waals surface area contributed by atoms with Crippen molar-refractivity contribution in [2.45, 2.75) is 0 Å².